The van der Waals surface area contributed by atoms with E-state index in [1.807, 2.05) is 0 Å². The molecule has 2 nitrogen and oxygen atoms in total. The molecule has 2 atom stereocenters. The van der Waals surface area contributed by atoms with Crippen LogP contribution in [-0.4, -0.2) is 18.3 Å². The van der Waals surface area contributed by atoms with Crippen LogP contribution < -0.4 is 0 Å². The SMILES string of the molecule is COC(C)C(O)c1ccc(C(F)(F)F)cc1. The Morgan fingerprint density at radius 2 is 1.69 bits per heavy atom. The molecule has 1 aromatic carbocycles. The van der Waals surface area contributed by atoms with Crippen LogP contribution in [0.4, 0.5) is 13.2 Å². The Morgan fingerprint density at radius 3 is 2.06 bits per heavy atom. The van der Waals surface area contributed by atoms with E-state index >= 15 is 0 Å². The normalized spacial score (nSPS) is 15.9. The van der Waals surface area contributed by atoms with E-state index < -0.39 is 23.9 Å². The number of hydrogen-bond donors (Lipinski definition) is 1. The predicted molar refractivity (Wildman–Crippen MR) is 52.9 cm³/mol. The van der Waals surface area contributed by atoms with E-state index in [0.29, 0.717) is 5.56 Å². The third kappa shape index (κ3) is 2.96. The number of halogens is 3. The fraction of sp³-hybridized carbons (Fsp3) is 0.455. The molecular formula is C11H13F3O2. The number of rotatable bonds is 3. The fourth-order valence-electron chi connectivity index (χ4n) is 1.27. The maximum Gasteiger partial charge on any atom is 0.416 e. The minimum absolute atomic E-state index is 0.405. The smallest absolute Gasteiger partial charge is 0.386 e. The molecule has 0 aliphatic carbocycles. The van der Waals surface area contributed by atoms with E-state index in [9.17, 15) is 18.3 Å². The highest BCUT2D eigenvalue weighted by atomic mass is 19.4. The molecule has 0 saturated carbocycles. The number of aliphatic hydroxyl groups is 1. The number of methoxy groups -OCH3 is 1. The van der Waals surface area contributed by atoms with Crippen molar-refractivity contribution in [1.29, 1.82) is 0 Å². The number of benzene rings is 1. The minimum atomic E-state index is -4.35. The van der Waals surface area contributed by atoms with Crippen LogP contribution in [0, 0.1) is 0 Å². The van der Waals surface area contributed by atoms with E-state index in [1.165, 1.54) is 19.2 Å². The van der Waals surface area contributed by atoms with Gasteiger partial charge in [0.25, 0.3) is 0 Å². The van der Waals surface area contributed by atoms with Gasteiger partial charge in [-0.15, -0.1) is 0 Å². The van der Waals surface area contributed by atoms with Crippen LogP contribution >= 0.6 is 0 Å². The molecule has 0 aromatic heterocycles. The molecule has 2 unspecified atom stereocenters. The van der Waals surface area contributed by atoms with Gasteiger partial charge in [-0.25, -0.2) is 0 Å². The second kappa shape index (κ2) is 4.84. The van der Waals surface area contributed by atoms with Crippen LogP contribution in [0.15, 0.2) is 24.3 Å². The Bertz CT molecular complexity index is 332. The average Bonchev–Trinajstić information content (AvgIpc) is 2.26. The molecule has 0 aliphatic rings. The molecule has 5 heteroatoms. The zero-order valence-electron chi connectivity index (χ0n) is 8.95. The largest absolute Gasteiger partial charge is 0.416 e. The lowest BCUT2D eigenvalue weighted by atomic mass is 10.0. The first-order valence-electron chi connectivity index (χ1n) is 4.74. The summed E-state index contributed by atoms with van der Waals surface area (Å²) < 4.78 is 41.7. The van der Waals surface area contributed by atoms with Crippen LogP contribution in [0.3, 0.4) is 0 Å². The van der Waals surface area contributed by atoms with Gasteiger partial charge in [0.1, 0.15) is 6.10 Å². The number of ether oxygens (including phenoxy) is 1. The Labute approximate surface area is 91.7 Å². The van der Waals surface area contributed by atoms with Crippen LogP contribution in [0.5, 0.6) is 0 Å². The standard InChI is InChI=1S/C11H13F3O2/c1-7(16-2)10(15)8-3-5-9(6-4-8)11(12,13)14/h3-7,10,15H,1-2H3. The summed E-state index contributed by atoms with van der Waals surface area (Å²) >= 11 is 0. The molecule has 0 aliphatic heterocycles. The van der Waals surface area contributed by atoms with Crippen molar-refractivity contribution in [3.8, 4) is 0 Å². The van der Waals surface area contributed by atoms with Crippen molar-refractivity contribution in [1.82, 2.24) is 0 Å². The number of hydrogen-bond acceptors (Lipinski definition) is 2. The summed E-state index contributed by atoms with van der Waals surface area (Å²) in [6, 6.07) is 4.40. The molecule has 0 heterocycles. The first kappa shape index (κ1) is 13.0. The molecule has 1 N–H and O–H groups in total. The van der Waals surface area contributed by atoms with Gasteiger partial charge in [0.05, 0.1) is 11.7 Å². The molecule has 0 amide bonds. The third-order valence-corrected chi connectivity index (χ3v) is 2.40. The summed E-state index contributed by atoms with van der Waals surface area (Å²) in [4.78, 5) is 0. The van der Waals surface area contributed by atoms with Crippen molar-refractivity contribution in [2.75, 3.05) is 7.11 Å². The van der Waals surface area contributed by atoms with Crippen molar-refractivity contribution in [2.45, 2.75) is 25.3 Å². The highest BCUT2D eigenvalue weighted by Crippen LogP contribution is 2.30. The second-order valence-corrected chi connectivity index (χ2v) is 3.51. The van der Waals surface area contributed by atoms with Gasteiger partial charge in [-0.3, -0.25) is 0 Å². The molecule has 1 rings (SSSR count). The first-order valence-corrected chi connectivity index (χ1v) is 4.74. The monoisotopic (exact) mass is 234 g/mol. The Morgan fingerprint density at radius 1 is 1.19 bits per heavy atom. The summed E-state index contributed by atoms with van der Waals surface area (Å²) in [6.45, 7) is 1.64. The first-order chi connectivity index (χ1) is 7.36. The molecule has 0 fully saturated rings. The quantitative estimate of drug-likeness (QED) is 0.871. The second-order valence-electron chi connectivity index (χ2n) is 3.51. The summed E-state index contributed by atoms with van der Waals surface area (Å²) in [5.74, 6) is 0. The predicted octanol–water partition coefficient (Wildman–Crippen LogP) is 2.77. The molecule has 0 saturated heterocycles. The van der Waals surface area contributed by atoms with Gasteiger partial charge < -0.3 is 9.84 Å². The maximum atomic E-state index is 12.3. The van der Waals surface area contributed by atoms with Gasteiger partial charge in [0.15, 0.2) is 0 Å². The number of aliphatic hydroxyl groups excluding tert-OH is 1. The van der Waals surface area contributed by atoms with Gasteiger partial charge in [0.2, 0.25) is 0 Å². The van der Waals surface area contributed by atoms with Gasteiger partial charge in [-0.1, -0.05) is 12.1 Å². The van der Waals surface area contributed by atoms with Crippen molar-refractivity contribution in [2.24, 2.45) is 0 Å². The van der Waals surface area contributed by atoms with E-state index in [4.69, 9.17) is 4.74 Å². The molecule has 90 valence electrons. The van der Waals surface area contributed by atoms with E-state index in [1.54, 1.807) is 6.92 Å². The lowest BCUT2D eigenvalue weighted by Gasteiger charge is -2.18. The summed E-state index contributed by atoms with van der Waals surface area (Å²) in [7, 11) is 1.43. The summed E-state index contributed by atoms with van der Waals surface area (Å²) in [5.41, 5.74) is -0.323. The lowest BCUT2D eigenvalue weighted by molar-refractivity contribution is -0.137. The maximum absolute atomic E-state index is 12.3. The highest BCUT2D eigenvalue weighted by Gasteiger charge is 2.30. The molecule has 0 spiro atoms. The Balaban J connectivity index is 2.87. The Hall–Kier alpha value is -1.07. The van der Waals surface area contributed by atoms with Crippen LogP contribution in [-0.2, 0) is 10.9 Å². The third-order valence-electron chi connectivity index (χ3n) is 2.40. The minimum Gasteiger partial charge on any atom is -0.386 e. The van der Waals surface area contributed by atoms with Gasteiger partial charge >= 0.3 is 6.18 Å². The van der Waals surface area contributed by atoms with Crippen molar-refractivity contribution < 1.29 is 23.0 Å². The molecule has 0 radical (unpaired) electrons. The van der Waals surface area contributed by atoms with E-state index in [0.717, 1.165) is 12.1 Å². The number of alkyl halides is 3. The van der Waals surface area contributed by atoms with Gasteiger partial charge in [-0.05, 0) is 24.6 Å². The van der Waals surface area contributed by atoms with Gasteiger partial charge in [0, 0.05) is 7.11 Å². The van der Waals surface area contributed by atoms with Crippen molar-refractivity contribution >= 4 is 0 Å². The van der Waals surface area contributed by atoms with Crippen LogP contribution in [0.2, 0.25) is 0 Å². The molecule has 1 aromatic rings. The zero-order chi connectivity index (χ0) is 12.3. The van der Waals surface area contributed by atoms with Crippen molar-refractivity contribution in [3.63, 3.8) is 0 Å². The van der Waals surface area contributed by atoms with E-state index in [2.05, 4.69) is 0 Å². The summed E-state index contributed by atoms with van der Waals surface area (Å²) in [6.07, 6.45) is -5.74. The van der Waals surface area contributed by atoms with Crippen LogP contribution in [0.25, 0.3) is 0 Å². The molecular weight excluding hydrogens is 221 g/mol. The average molecular weight is 234 g/mol. The fourth-order valence-corrected chi connectivity index (χ4v) is 1.27. The van der Waals surface area contributed by atoms with Gasteiger partial charge in [-0.2, -0.15) is 13.2 Å². The molecule has 0 bridgehead atoms. The molecule has 16 heavy (non-hydrogen) atoms. The topological polar surface area (TPSA) is 29.5 Å². The Kier molecular flexibility index (Phi) is 3.93. The lowest BCUT2D eigenvalue weighted by Crippen LogP contribution is -2.17. The zero-order valence-corrected chi connectivity index (χ0v) is 8.95. The van der Waals surface area contributed by atoms with Crippen LogP contribution in [0.1, 0.15) is 24.2 Å². The van der Waals surface area contributed by atoms with E-state index in [-0.39, 0.29) is 0 Å². The highest BCUT2D eigenvalue weighted by molar-refractivity contribution is 5.26. The summed E-state index contributed by atoms with van der Waals surface area (Å²) in [5, 5.41) is 9.68. The van der Waals surface area contributed by atoms with Crippen molar-refractivity contribution in [3.05, 3.63) is 35.4 Å².